The number of ketones is 1. The van der Waals surface area contributed by atoms with Crippen molar-refractivity contribution in [2.75, 3.05) is 6.54 Å². The summed E-state index contributed by atoms with van der Waals surface area (Å²) in [7, 11) is 0. The van der Waals surface area contributed by atoms with Gasteiger partial charge in [0, 0.05) is 6.04 Å². The first-order valence-corrected chi connectivity index (χ1v) is 8.38. The Kier molecular flexibility index (Phi) is 5.43. The average molecular weight is 300 g/mol. The van der Waals surface area contributed by atoms with Gasteiger partial charge in [-0.3, -0.25) is 9.69 Å². The van der Waals surface area contributed by atoms with Crippen LogP contribution in [0.2, 0.25) is 4.34 Å². The summed E-state index contributed by atoms with van der Waals surface area (Å²) in [4.78, 5) is 15.7. The zero-order valence-electron chi connectivity index (χ0n) is 11.7. The van der Waals surface area contributed by atoms with Gasteiger partial charge in [0.1, 0.15) is 0 Å². The molecule has 2 rings (SSSR count). The van der Waals surface area contributed by atoms with Crippen molar-refractivity contribution >= 4 is 28.7 Å². The summed E-state index contributed by atoms with van der Waals surface area (Å²) >= 11 is 7.32. The van der Waals surface area contributed by atoms with E-state index in [2.05, 4.69) is 11.8 Å². The molecule has 1 aromatic heterocycles. The van der Waals surface area contributed by atoms with Gasteiger partial charge < -0.3 is 0 Å². The van der Waals surface area contributed by atoms with Gasteiger partial charge in [-0.1, -0.05) is 31.4 Å². The summed E-state index contributed by atoms with van der Waals surface area (Å²) < 4.78 is 0.693. The van der Waals surface area contributed by atoms with Crippen LogP contribution in [0.25, 0.3) is 0 Å². The third kappa shape index (κ3) is 3.59. The first-order valence-electron chi connectivity index (χ1n) is 7.18. The Morgan fingerprint density at radius 2 is 2.26 bits per heavy atom. The van der Waals surface area contributed by atoms with E-state index in [0.29, 0.717) is 10.4 Å². The number of halogens is 1. The van der Waals surface area contributed by atoms with E-state index in [0.717, 1.165) is 17.8 Å². The monoisotopic (exact) mass is 299 g/mol. The van der Waals surface area contributed by atoms with E-state index in [9.17, 15) is 4.79 Å². The first-order chi connectivity index (χ1) is 9.13. The van der Waals surface area contributed by atoms with Gasteiger partial charge in [0.2, 0.25) is 0 Å². The van der Waals surface area contributed by atoms with Crippen LogP contribution >= 0.6 is 22.9 Å². The molecule has 1 aliphatic rings. The molecule has 106 valence electrons. The second-order valence-electron chi connectivity index (χ2n) is 5.29. The van der Waals surface area contributed by atoms with Crippen LogP contribution in [0.1, 0.15) is 55.6 Å². The third-order valence-electron chi connectivity index (χ3n) is 4.09. The molecule has 1 aromatic rings. The molecule has 0 bridgehead atoms. The molecule has 2 nitrogen and oxygen atoms in total. The number of carbonyl (C=O) groups excluding carboxylic acids is 1. The normalized spacial score (nSPS) is 23.0. The van der Waals surface area contributed by atoms with E-state index in [1.807, 2.05) is 19.1 Å². The van der Waals surface area contributed by atoms with Gasteiger partial charge >= 0.3 is 0 Å². The molecule has 0 amide bonds. The molecular weight excluding hydrogens is 278 g/mol. The van der Waals surface area contributed by atoms with Crippen LogP contribution < -0.4 is 0 Å². The lowest BCUT2D eigenvalue weighted by atomic mass is 10.0. The summed E-state index contributed by atoms with van der Waals surface area (Å²) in [5.41, 5.74) is 0. The molecule has 4 heteroatoms. The second kappa shape index (κ2) is 6.87. The molecule has 2 heterocycles. The number of hydrogen-bond acceptors (Lipinski definition) is 3. The van der Waals surface area contributed by atoms with Crippen LogP contribution in [0, 0.1) is 0 Å². The molecule has 0 aliphatic carbocycles. The Hall–Kier alpha value is -0.380. The van der Waals surface area contributed by atoms with Crippen molar-refractivity contribution in [3.05, 3.63) is 21.3 Å². The zero-order chi connectivity index (χ0) is 13.8. The maximum atomic E-state index is 12.5. The summed E-state index contributed by atoms with van der Waals surface area (Å²) in [6.45, 7) is 5.32. The highest BCUT2D eigenvalue weighted by molar-refractivity contribution is 7.18. The molecule has 1 saturated heterocycles. The van der Waals surface area contributed by atoms with E-state index >= 15 is 0 Å². The second-order valence-corrected chi connectivity index (χ2v) is 7.01. The number of Topliss-reactive ketones (excluding diaryl/α,β-unsaturated/α-hetero) is 1. The topological polar surface area (TPSA) is 20.3 Å². The molecule has 0 saturated carbocycles. The van der Waals surface area contributed by atoms with Crippen molar-refractivity contribution in [2.45, 2.75) is 58.0 Å². The zero-order valence-corrected chi connectivity index (χ0v) is 13.3. The van der Waals surface area contributed by atoms with Crippen LogP contribution in [0.3, 0.4) is 0 Å². The highest BCUT2D eigenvalue weighted by Gasteiger charge is 2.29. The molecule has 0 spiro atoms. The Labute approximate surface area is 124 Å². The predicted octanol–water partition coefficient (Wildman–Crippen LogP) is 4.63. The maximum Gasteiger partial charge on any atom is 0.189 e. The van der Waals surface area contributed by atoms with Crippen molar-refractivity contribution in [3.8, 4) is 0 Å². The van der Waals surface area contributed by atoms with Crippen LogP contribution in [0.4, 0.5) is 0 Å². The molecule has 0 aromatic carbocycles. The molecule has 1 aliphatic heterocycles. The first kappa shape index (κ1) is 15.0. The molecule has 2 atom stereocenters. The van der Waals surface area contributed by atoms with Gasteiger partial charge in [-0.05, 0) is 44.9 Å². The number of rotatable bonds is 4. The smallest absolute Gasteiger partial charge is 0.189 e. The van der Waals surface area contributed by atoms with Crippen molar-refractivity contribution in [2.24, 2.45) is 0 Å². The van der Waals surface area contributed by atoms with E-state index in [1.54, 1.807) is 0 Å². The lowest BCUT2D eigenvalue weighted by molar-refractivity contribution is 0.0762. The number of hydrogen-bond donors (Lipinski definition) is 0. The van der Waals surface area contributed by atoms with E-state index < -0.39 is 0 Å². The maximum absolute atomic E-state index is 12.5. The number of nitrogens with zero attached hydrogens (tertiary/aromatic N) is 1. The fourth-order valence-electron chi connectivity index (χ4n) is 2.95. The van der Waals surface area contributed by atoms with Crippen LogP contribution in [0.15, 0.2) is 12.1 Å². The van der Waals surface area contributed by atoms with Crippen LogP contribution in [-0.4, -0.2) is 29.3 Å². The van der Waals surface area contributed by atoms with Gasteiger partial charge in [0.25, 0.3) is 0 Å². The van der Waals surface area contributed by atoms with Gasteiger partial charge in [-0.25, -0.2) is 0 Å². The SMILES string of the molecule is CCC1CCCCCN1C(C)C(=O)c1ccc(Cl)s1. The van der Waals surface area contributed by atoms with E-state index in [4.69, 9.17) is 11.6 Å². The van der Waals surface area contributed by atoms with Crippen molar-refractivity contribution < 1.29 is 4.79 Å². The molecule has 0 N–H and O–H groups in total. The Bertz CT molecular complexity index is 432. The summed E-state index contributed by atoms with van der Waals surface area (Å²) in [5.74, 6) is 0.220. The third-order valence-corrected chi connectivity index (χ3v) is 5.33. The highest BCUT2D eigenvalue weighted by Crippen LogP contribution is 2.26. The summed E-state index contributed by atoms with van der Waals surface area (Å²) in [5, 5.41) is 0. The minimum atomic E-state index is -0.0298. The fraction of sp³-hybridized carbons (Fsp3) is 0.667. The van der Waals surface area contributed by atoms with Gasteiger partial charge in [0.05, 0.1) is 15.3 Å². The highest BCUT2D eigenvalue weighted by atomic mass is 35.5. The van der Waals surface area contributed by atoms with Crippen LogP contribution in [-0.2, 0) is 0 Å². The fourth-order valence-corrected chi connectivity index (χ4v) is 4.02. The van der Waals surface area contributed by atoms with Crippen molar-refractivity contribution in [3.63, 3.8) is 0 Å². The predicted molar refractivity (Wildman–Crippen MR) is 82.4 cm³/mol. The summed E-state index contributed by atoms with van der Waals surface area (Å²) in [6.07, 6.45) is 6.14. The van der Waals surface area contributed by atoms with Gasteiger partial charge in [-0.2, -0.15) is 0 Å². The lowest BCUT2D eigenvalue weighted by Crippen LogP contribution is -2.45. The van der Waals surface area contributed by atoms with Crippen molar-refractivity contribution in [1.29, 1.82) is 0 Å². The molecular formula is C15H22ClNOS. The molecule has 1 fully saturated rings. The largest absolute Gasteiger partial charge is 0.291 e. The van der Waals surface area contributed by atoms with Crippen molar-refractivity contribution in [1.82, 2.24) is 4.90 Å². The standard InChI is InChI=1S/C15H22ClNOS/c1-3-12-7-5-4-6-10-17(12)11(2)15(18)13-8-9-14(16)19-13/h8-9,11-12H,3-7,10H2,1-2H3. The number of thiophene rings is 1. The number of carbonyl (C=O) groups is 1. The van der Waals surface area contributed by atoms with Gasteiger partial charge in [-0.15, -0.1) is 11.3 Å². The Morgan fingerprint density at radius 1 is 1.47 bits per heavy atom. The minimum Gasteiger partial charge on any atom is -0.291 e. The summed E-state index contributed by atoms with van der Waals surface area (Å²) in [6, 6.07) is 4.19. The molecule has 2 unspecified atom stereocenters. The van der Waals surface area contributed by atoms with E-state index in [-0.39, 0.29) is 11.8 Å². The van der Waals surface area contributed by atoms with Gasteiger partial charge in [0.15, 0.2) is 5.78 Å². The van der Waals surface area contributed by atoms with Crippen LogP contribution in [0.5, 0.6) is 0 Å². The Balaban J connectivity index is 2.11. The molecule has 19 heavy (non-hydrogen) atoms. The lowest BCUT2D eigenvalue weighted by Gasteiger charge is -2.33. The van der Waals surface area contributed by atoms with E-state index in [1.165, 1.54) is 37.0 Å². The minimum absolute atomic E-state index is 0.0298. The quantitative estimate of drug-likeness (QED) is 0.756. The number of likely N-dealkylation sites (tertiary alicyclic amines) is 1. The Morgan fingerprint density at radius 3 is 2.89 bits per heavy atom. The molecule has 0 radical (unpaired) electrons. The average Bonchev–Trinajstić information content (AvgIpc) is 2.71.